The van der Waals surface area contributed by atoms with Crippen LogP contribution >= 0.6 is 0 Å². The number of carbonyl (C=O) groups is 1. The van der Waals surface area contributed by atoms with Gasteiger partial charge in [-0.1, -0.05) is 6.07 Å². The quantitative estimate of drug-likeness (QED) is 0.807. The first-order chi connectivity index (χ1) is 9.09. The average molecular weight is 260 g/mol. The van der Waals surface area contributed by atoms with Gasteiger partial charge in [0, 0.05) is 37.1 Å². The summed E-state index contributed by atoms with van der Waals surface area (Å²) < 4.78 is 5.15. The first-order valence-corrected chi connectivity index (χ1v) is 5.57. The smallest absolute Gasteiger partial charge is 0.303 e. The average Bonchev–Trinajstić information content (AvgIpc) is 2.40. The van der Waals surface area contributed by atoms with Gasteiger partial charge in [0.1, 0.15) is 5.69 Å². The van der Waals surface area contributed by atoms with Gasteiger partial charge in [0.05, 0.1) is 0 Å². The zero-order valence-corrected chi connectivity index (χ0v) is 10.2. The molecule has 0 aliphatic rings. The van der Waals surface area contributed by atoms with E-state index in [4.69, 9.17) is 4.74 Å². The summed E-state index contributed by atoms with van der Waals surface area (Å²) in [5.41, 5.74) is 0.125. The molecule has 2 aromatic rings. The van der Waals surface area contributed by atoms with Crippen LogP contribution in [-0.2, 0) is 9.53 Å². The number of pyridine rings is 2. The van der Waals surface area contributed by atoms with E-state index in [9.17, 15) is 14.7 Å². The first-order valence-electron chi connectivity index (χ1n) is 5.57. The molecule has 0 aromatic carbocycles. The van der Waals surface area contributed by atoms with Crippen molar-refractivity contribution in [1.82, 2.24) is 9.97 Å². The van der Waals surface area contributed by atoms with E-state index in [1.54, 1.807) is 18.3 Å². The predicted octanol–water partition coefficient (Wildman–Crippen LogP) is 1.13. The Morgan fingerprint density at radius 3 is 2.89 bits per heavy atom. The number of nitrogens with zero attached hydrogens (tertiary/aromatic N) is 1. The number of ether oxygens (including phenoxy) is 1. The van der Waals surface area contributed by atoms with Crippen LogP contribution in [0.4, 0.5) is 0 Å². The van der Waals surface area contributed by atoms with Crippen molar-refractivity contribution >= 4 is 5.97 Å². The molecule has 0 saturated heterocycles. The van der Waals surface area contributed by atoms with Gasteiger partial charge < -0.3 is 14.8 Å². The van der Waals surface area contributed by atoms with Gasteiger partial charge in [-0.15, -0.1) is 0 Å². The summed E-state index contributed by atoms with van der Waals surface area (Å²) in [6.45, 7) is 1.25. The highest BCUT2D eigenvalue weighted by Gasteiger charge is 2.22. The van der Waals surface area contributed by atoms with E-state index < -0.39 is 23.3 Å². The van der Waals surface area contributed by atoms with E-state index in [1.807, 2.05) is 0 Å². The largest absolute Gasteiger partial charge is 0.503 e. The zero-order valence-electron chi connectivity index (χ0n) is 10.2. The van der Waals surface area contributed by atoms with Gasteiger partial charge >= 0.3 is 5.97 Å². The second-order valence-electron chi connectivity index (χ2n) is 3.88. The number of hydrogen-bond donors (Lipinski definition) is 2. The van der Waals surface area contributed by atoms with Crippen LogP contribution in [-0.4, -0.2) is 21.0 Å². The van der Waals surface area contributed by atoms with E-state index in [0.717, 1.165) is 0 Å². The highest BCUT2D eigenvalue weighted by atomic mass is 16.5. The lowest BCUT2D eigenvalue weighted by atomic mass is 10.1. The topological polar surface area (TPSA) is 92.3 Å². The molecule has 2 heterocycles. The van der Waals surface area contributed by atoms with Crippen molar-refractivity contribution in [3.63, 3.8) is 0 Å². The number of aromatic hydroxyl groups is 1. The minimum Gasteiger partial charge on any atom is -0.503 e. The Labute approximate surface area is 108 Å². The molecule has 0 aliphatic heterocycles. The molecule has 2 rings (SSSR count). The Hall–Kier alpha value is -2.63. The SMILES string of the molecule is CC(=O)OC(c1cccnc1)c1[nH]ccc(=O)c1O. The second-order valence-corrected chi connectivity index (χ2v) is 3.88. The molecule has 1 unspecified atom stereocenters. The van der Waals surface area contributed by atoms with E-state index in [1.165, 1.54) is 25.4 Å². The van der Waals surface area contributed by atoms with Crippen molar-refractivity contribution in [2.75, 3.05) is 0 Å². The summed E-state index contributed by atoms with van der Waals surface area (Å²) in [5.74, 6) is -1.00. The minimum absolute atomic E-state index is 0.121. The Bertz CT molecular complexity index is 637. The first kappa shape index (κ1) is 12.8. The number of hydrogen-bond acceptors (Lipinski definition) is 5. The zero-order chi connectivity index (χ0) is 13.8. The molecule has 6 heteroatoms. The Morgan fingerprint density at radius 1 is 1.47 bits per heavy atom. The molecule has 0 saturated carbocycles. The summed E-state index contributed by atoms with van der Waals surface area (Å²) >= 11 is 0. The van der Waals surface area contributed by atoms with E-state index in [-0.39, 0.29) is 5.69 Å². The highest BCUT2D eigenvalue weighted by Crippen LogP contribution is 2.28. The normalized spacial score (nSPS) is 11.8. The van der Waals surface area contributed by atoms with Crippen LogP contribution in [0.2, 0.25) is 0 Å². The maximum absolute atomic E-state index is 11.4. The van der Waals surface area contributed by atoms with Crippen molar-refractivity contribution in [3.05, 3.63) is 58.3 Å². The summed E-state index contributed by atoms with van der Waals surface area (Å²) in [6, 6.07) is 4.54. The van der Waals surface area contributed by atoms with Gasteiger partial charge in [-0.25, -0.2) is 0 Å². The Morgan fingerprint density at radius 2 is 2.26 bits per heavy atom. The van der Waals surface area contributed by atoms with Crippen LogP contribution in [0.5, 0.6) is 5.75 Å². The molecule has 2 N–H and O–H groups in total. The van der Waals surface area contributed by atoms with Crippen LogP contribution in [0.3, 0.4) is 0 Å². The van der Waals surface area contributed by atoms with Gasteiger partial charge in [0.25, 0.3) is 0 Å². The molecule has 0 amide bonds. The number of esters is 1. The van der Waals surface area contributed by atoms with Crippen molar-refractivity contribution in [1.29, 1.82) is 0 Å². The van der Waals surface area contributed by atoms with Crippen LogP contribution in [0.15, 0.2) is 41.6 Å². The number of rotatable bonds is 3. The summed E-state index contributed by atoms with van der Waals surface area (Å²) in [7, 11) is 0. The van der Waals surface area contributed by atoms with Gasteiger partial charge in [-0.3, -0.25) is 14.6 Å². The van der Waals surface area contributed by atoms with Crippen LogP contribution in [0, 0.1) is 0 Å². The third-order valence-electron chi connectivity index (χ3n) is 2.50. The van der Waals surface area contributed by atoms with Crippen molar-refractivity contribution in [3.8, 4) is 5.75 Å². The van der Waals surface area contributed by atoms with Gasteiger partial charge in [0.15, 0.2) is 11.9 Å². The van der Waals surface area contributed by atoms with Gasteiger partial charge in [-0.05, 0) is 6.07 Å². The lowest BCUT2D eigenvalue weighted by Crippen LogP contribution is -2.15. The highest BCUT2D eigenvalue weighted by molar-refractivity contribution is 5.66. The summed E-state index contributed by atoms with van der Waals surface area (Å²) in [6.07, 6.45) is 3.55. The van der Waals surface area contributed by atoms with Gasteiger partial charge in [0.2, 0.25) is 5.43 Å². The fraction of sp³-hybridized carbons (Fsp3) is 0.154. The number of aromatic amines is 1. The summed E-state index contributed by atoms with van der Waals surface area (Å²) in [4.78, 5) is 29.3. The molecule has 0 spiro atoms. The molecule has 0 bridgehead atoms. The maximum Gasteiger partial charge on any atom is 0.303 e. The molecule has 0 fully saturated rings. The van der Waals surface area contributed by atoms with E-state index in [0.29, 0.717) is 5.56 Å². The number of nitrogens with one attached hydrogen (secondary N) is 1. The lowest BCUT2D eigenvalue weighted by Gasteiger charge is -2.17. The third-order valence-corrected chi connectivity index (χ3v) is 2.50. The molecular formula is C13H12N2O4. The molecule has 19 heavy (non-hydrogen) atoms. The maximum atomic E-state index is 11.4. The Balaban J connectivity index is 2.52. The van der Waals surface area contributed by atoms with Gasteiger partial charge in [-0.2, -0.15) is 0 Å². The monoisotopic (exact) mass is 260 g/mol. The fourth-order valence-corrected chi connectivity index (χ4v) is 1.68. The van der Waals surface area contributed by atoms with Crippen molar-refractivity contribution in [2.24, 2.45) is 0 Å². The van der Waals surface area contributed by atoms with Crippen LogP contribution < -0.4 is 5.43 Å². The van der Waals surface area contributed by atoms with Crippen LogP contribution in [0.1, 0.15) is 24.3 Å². The Kier molecular flexibility index (Phi) is 3.61. The molecule has 0 radical (unpaired) electrons. The molecule has 1 atom stereocenters. The number of aromatic nitrogens is 2. The molecule has 2 aromatic heterocycles. The lowest BCUT2D eigenvalue weighted by molar-refractivity contribution is -0.145. The van der Waals surface area contributed by atoms with E-state index >= 15 is 0 Å². The molecule has 0 aliphatic carbocycles. The summed E-state index contributed by atoms with van der Waals surface area (Å²) in [5, 5.41) is 9.79. The molecular weight excluding hydrogens is 248 g/mol. The minimum atomic E-state index is -0.903. The fourth-order valence-electron chi connectivity index (χ4n) is 1.68. The van der Waals surface area contributed by atoms with Crippen molar-refractivity contribution < 1.29 is 14.6 Å². The third kappa shape index (κ3) is 2.79. The van der Waals surface area contributed by atoms with Crippen LogP contribution in [0.25, 0.3) is 0 Å². The second kappa shape index (κ2) is 5.34. The standard InChI is InChI=1S/C13H12N2O4/c1-8(16)19-13(9-3-2-5-14-7-9)11-12(18)10(17)4-6-15-11/h2-7,13,18H,1H3,(H,15,17). The van der Waals surface area contributed by atoms with Crippen molar-refractivity contribution in [2.45, 2.75) is 13.0 Å². The molecule has 6 nitrogen and oxygen atoms in total. The number of H-pyrrole nitrogens is 1. The number of carbonyl (C=O) groups excluding carboxylic acids is 1. The predicted molar refractivity (Wildman–Crippen MR) is 66.6 cm³/mol. The van der Waals surface area contributed by atoms with E-state index in [2.05, 4.69) is 9.97 Å². The molecule has 98 valence electrons.